The number of rotatable bonds is 4. The molecule has 2 aliphatic heterocycles. The van der Waals surface area contributed by atoms with E-state index in [2.05, 4.69) is 59.6 Å². The quantitative estimate of drug-likeness (QED) is 0.633. The second kappa shape index (κ2) is 8.65. The van der Waals surface area contributed by atoms with Gasteiger partial charge >= 0.3 is 0 Å². The fourth-order valence-corrected chi connectivity index (χ4v) is 3.87. The molecule has 1 atom stereocenters. The number of benzene rings is 2. The number of hydrogen-bond donors (Lipinski definition) is 2. The number of ether oxygens (including phenoxy) is 1. The van der Waals surface area contributed by atoms with Crippen LogP contribution >= 0.6 is 0 Å². The van der Waals surface area contributed by atoms with E-state index >= 15 is 0 Å². The molecule has 0 bridgehead atoms. The second-order valence-electron chi connectivity index (χ2n) is 7.53. The summed E-state index contributed by atoms with van der Waals surface area (Å²) in [6.07, 6.45) is 2.75. The van der Waals surface area contributed by atoms with Crippen molar-refractivity contribution in [3.05, 3.63) is 53.6 Å². The minimum Gasteiger partial charge on any atom is -0.493 e. The van der Waals surface area contributed by atoms with Gasteiger partial charge in [-0.15, -0.1) is 0 Å². The lowest BCUT2D eigenvalue weighted by Crippen LogP contribution is -2.40. The largest absolute Gasteiger partial charge is 0.493 e. The van der Waals surface area contributed by atoms with Crippen molar-refractivity contribution >= 4 is 5.96 Å². The summed E-state index contributed by atoms with van der Waals surface area (Å²) in [5, 5.41) is 13.1. The van der Waals surface area contributed by atoms with Crippen LogP contribution in [0.25, 0.3) is 11.1 Å². The molecule has 2 N–H and O–H groups in total. The number of likely N-dealkylation sites (tertiary alicyclic amines) is 1. The number of fused-ring (bicyclic) bond motifs is 1. The molecule has 0 amide bonds. The van der Waals surface area contributed by atoms with E-state index < -0.39 is 0 Å². The fourth-order valence-electron chi connectivity index (χ4n) is 3.87. The predicted octanol–water partition coefficient (Wildman–Crippen LogP) is 3.21. The average molecular weight is 380 g/mol. The highest BCUT2D eigenvalue weighted by Gasteiger charge is 2.22. The smallest absolute Gasteiger partial charge is 0.194 e. The molecule has 1 saturated heterocycles. The van der Waals surface area contributed by atoms with Crippen LogP contribution in [0.3, 0.4) is 0 Å². The van der Waals surface area contributed by atoms with Gasteiger partial charge in [-0.2, -0.15) is 0 Å². The Morgan fingerprint density at radius 2 is 2.04 bits per heavy atom. The lowest BCUT2D eigenvalue weighted by atomic mass is 9.98. The van der Waals surface area contributed by atoms with Crippen LogP contribution in [0, 0.1) is 0 Å². The van der Waals surface area contributed by atoms with Crippen molar-refractivity contribution in [1.82, 2.24) is 10.2 Å². The first-order valence-corrected chi connectivity index (χ1v) is 10.3. The topological polar surface area (TPSA) is 57.1 Å². The third-order valence-corrected chi connectivity index (χ3v) is 5.40. The Kier molecular flexibility index (Phi) is 5.81. The van der Waals surface area contributed by atoms with E-state index in [0.29, 0.717) is 13.1 Å². The van der Waals surface area contributed by atoms with Crippen LogP contribution in [-0.4, -0.2) is 48.3 Å². The Balaban J connectivity index is 1.45. The Bertz CT molecular complexity index is 832. The summed E-state index contributed by atoms with van der Waals surface area (Å²) < 4.78 is 5.72. The van der Waals surface area contributed by atoms with Crippen molar-refractivity contribution in [3.8, 4) is 16.9 Å². The fraction of sp³-hybridized carbons (Fsp3) is 0.435. The highest BCUT2D eigenvalue weighted by atomic mass is 16.5. The van der Waals surface area contributed by atoms with Crippen LogP contribution in [0.15, 0.2) is 47.5 Å². The Hall–Kier alpha value is -2.53. The molecule has 0 saturated carbocycles. The first-order valence-electron chi connectivity index (χ1n) is 10.3. The molecule has 5 nitrogen and oxygen atoms in total. The Morgan fingerprint density at radius 3 is 2.79 bits per heavy atom. The molecule has 2 aliphatic rings. The molecule has 2 aromatic carbocycles. The summed E-state index contributed by atoms with van der Waals surface area (Å²) in [5.41, 5.74) is 4.94. The van der Waals surface area contributed by atoms with Crippen LogP contribution in [-0.2, 0) is 13.0 Å². The van der Waals surface area contributed by atoms with E-state index in [1.54, 1.807) is 0 Å². The molecule has 4 rings (SSSR count). The lowest BCUT2D eigenvalue weighted by Gasteiger charge is -2.21. The van der Waals surface area contributed by atoms with Crippen LogP contribution in [0.5, 0.6) is 5.75 Å². The summed E-state index contributed by atoms with van der Waals surface area (Å²) in [5.74, 6) is 1.92. The summed E-state index contributed by atoms with van der Waals surface area (Å²) in [4.78, 5) is 6.90. The van der Waals surface area contributed by atoms with Gasteiger partial charge in [0.1, 0.15) is 5.75 Å². The van der Waals surface area contributed by atoms with Gasteiger partial charge in [0, 0.05) is 19.6 Å². The SMILES string of the molecule is CCNC(=NCc1ccc(-c2ccc3c(c2)CCCO3)cc1)N1CC[C@@H](O)C1. The molecular formula is C23H29N3O2. The van der Waals surface area contributed by atoms with Gasteiger partial charge in [0.05, 0.1) is 19.3 Å². The van der Waals surface area contributed by atoms with Crippen molar-refractivity contribution in [2.45, 2.75) is 38.8 Å². The number of aliphatic hydroxyl groups excluding tert-OH is 1. The highest BCUT2D eigenvalue weighted by molar-refractivity contribution is 5.80. The zero-order valence-corrected chi connectivity index (χ0v) is 16.5. The highest BCUT2D eigenvalue weighted by Crippen LogP contribution is 2.30. The third kappa shape index (κ3) is 4.30. The molecule has 0 aromatic heterocycles. The maximum atomic E-state index is 9.78. The Morgan fingerprint density at radius 1 is 1.21 bits per heavy atom. The van der Waals surface area contributed by atoms with Gasteiger partial charge in [0.25, 0.3) is 0 Å². The second-order valence-corrected chi connectivity index (χ2v) is 7.53. The van der Waals surface area contributed by atoms with Crippen LogP contribution in [0.2, 0.25) is 0 Å². The molecule has 5 heteroatoms. The zero-order chi connectivity index (χ0) is 19.3. The van der Waals surface area contributed by atoms with E-state index in [-0.39, 0.29) is 6.10 Å². The van der Waals surface area contributed by atoms with Gasteiger partial charge in [0.2, 0.25) is 0 Å². The summed E-state index contributed by atoms with van der Waals surface area (Å²) in [7, 11) is 0. The maximum absolute atomic E-state index is 9.78. The number of hydrogen-bond acceptors (Lipinski definition) is 3. The van der Waals surface area contributed by atoms with E-state index in [9.17, 15) is 5.11 Å². The van der Waals surface area contributed by atoms with Gasteiger partial charge in [-0.1, -0.05) is 30.3 Å². The molecule has 0 spiro atoms. The molecule has 2 aromatic rings. The molecule has 28 heavy (non-hydrogen) atoms. The summed E-state index contributed by atoms with van der Waals surface area (Å²) >= 11 is 0. The molecule has 1 fully saturated rings. The van der Waals surface area contributed by atoms with Gasteiger partial charge in [0.15, 0.2) is 5.96 Å². The number of aliphatic hydroxyl groups is 1. The van der Waals surface area contributed by atoms with Crippen LogP contribution in [0.1, 0.15) is 30.9 Å². The maximum Gasteiger partial charge on any atom is 0.194 e. The number of aryl methyl sites for hydroxylation is 1. The van der Waals surface area contributed by atoms with E-state index in [1.165, 1.54) is 22.3 Å². The standard InChI is InChI=1S/C23H29N3O2/c1-2-24-23(26-12-11-21(27)16-26)25-15-17-5-7-18(8-6-17)19-9-10-22-20(14-19)4-3-13-28-22/h5-10,14,21,27H,2-4,11-13,15-16H2,1H3,(H,24,25)/t21-/m1/s1. The van der Waals surface area contributed by atoms with E-state index in [0.717, 1.165) is 50.7 Å². The van der Waals surface area contributed by atoms with Crippen LogP contribution in [0.4, 0.5) is 0 Å². The minimum absolute atomic E-state index is 0.245. The van der Waals surface area contributed by atoms with Crippen LogP contribution < -0.4 is 10.1 Å². The van der Waals surface area contributed by atoms with Gasteiger partial charge in [-0.25, -0.2) is 4.99 Å². The van der Waals surface area contributed by atoms with Crippen molar-refractivity contribution in [2.75, 3.05) is 26.2 Å². The molecule has 148 valence electrons. The Labute approximate surface area is 167 Å². The van der Waals surface area contributed by atoms with Gasteiger partial charge in [-0.3, -0.25) is 0 Å². The minimum atomic E-state index is -0.245. The van der Waals surface area contributed by atoms with Crippen molar-refractivity contribution in [1.29, 1.82) is 0 Å². The third-order valence-electron chi connectivity index (χ3n) is 5.40. The number of aliphatic imine (C=N–C) groups is 1. The first kappa shape index (κ1) is 18.8. The summed E-state index contributed by atoms with van der Waals surface area (Å²) in [6, 6.07) is 15.1. The number of nitrogens with one attached hydrogen (secondary N) is 1. The summed E-state index contributed by atoms with van der Waals surface area (Å²) in [6.45, 7) is 5.87. The monoisotopic (exact) mass is 379 g/mol. The van der Waals surface area contributed by atoms with E-state index in [4.69, 9.17) is 9.73 Å². The number of guanidine groups is 1. The van der Waals surface area contributed by atoms with Crippen molar-refractivity contribution in [3.63, 3.8) is 0 Å². The average Bonchev–Trinajstić information content (AvgIpc) is 3.17. The number of β-amino-alcohol motifs (C(OH)–C–C–N with tert-alkyl or cyclic N) is 1. The van der Waals surface area contributed by atoms with Crippen molar-refractivity contribution in [2.24, 2.45) is 4.99 Å². The zero-order valence-electron chi connectivity index (χ0n) is 16.5. The molecular weight excluding hydrogens is 350 g/mol. The van der Waals surface area contributed by atoms with Crippen molar-refractivity contribution < 1.29 is 9.84 Å². The van der Waals surface area contributed by atoms with Gasteiger partial charge < -0.3 is 20.1 Å². The first-order chi connectivity index (χ1) is 13.7. The molecule has 0 aliphatic carbocycles. The number of nitrogens with zero attached hydrogens (tertiary/aromatic N) is 2. The molecule has 0 unspecified atom stereocenters. The van der Waals surface area contributed by atoms with Gasteiger partial charge in [-0.05, 0) is 60.6 Å². The molecule has 0 radical (unpaired) electrons. The van der Waals surface area contributed by atoms with E-state index in [1.807, 2.05) is 0 Å². The lowest BCUT2D eigenvalue weighted by molar-refractivity contribution is 0.188. The molecule has 2 heterocycles. The predicted molar refractivity (Wildman–Crippen MR) is 113 cm³/mol. The normalized spacial score (nSPS) is 19.3.